The summed E-state index contributed by atoms with van der Waals surface area (Å²) in [5.41, 5.74) is 1.99. The molecule has 9 heteroatoms. The van der Waals surface area contributed by atoms with Crippen molar-refractivity contribution in [1.29, 1.82) is 0 Å². The molecule has 1 amide bonds. The van der Waals surface area contributed by atoms with Crippen LogP contribution in [0, 0.1) is 0 Å². The summed E-state index contributed by atoms with van der Waals surface area (Å²) < 4.78 is 25.5. The lowest BCUT2D eigenvalue weighted by Crippen LogP contribution is -2.52. The molecule has 0 saturated carbocycles. The maximum Gasteiger partial charge on any atom is 0.277 e. The lowest BCUT2D eigenvalue weighted by atomic mass is 10.1. The molecule has 24 heavy (non-hydrogen) atoms. The van der Waals surface area contributed by atoms with E-state index in [-0.39, 0.29) is 19.0 Å². The molecule has 3 rings (SSSR count). The SMILES string of the molecule is Cn1cc(C(=O)N2CCN(S(N)(=O)=O)CC2)c(-c2ccccc2)n1. The van der Waals surface area contributed by atoms with Crippen molar-refractivity contribution in [2.75, 3.05) is 26.2 Å². The van der Waals surface area contributed by atoms with Gasteiger partial charge in [-0.2, -0.15) is 17.8 Å². The minimum atomic E-state index is -3.71. The average Bonchev–Trinajstić information content (AvgIpc) is 2.96. The third-order valence-electron chi connectivity index (χ3n) is 3.99. The van der Waals surface area contributed by atoms with Crippen molar-refractivity contribution in [3.63, 3.8) is 0 Å². The second-order valence-electron chi connectivity index (χ2n) is 5.67. The van der Waals surface area contributed by atoms with Gasteiger partial charge in [-0.05, 0) is 0 Å². The zero-order chi connectivity index (χ0) is 17.3. The van der Waals surface area contributed by atoms with E-state index in [2.05, 4.69) is 5.10 Å². The second kappa shape index (κ2) is 6.34. The van der Waals surface area contributed by atoms with Crippen LogP contribution in [-0.4, -0.2) is 59.5 Å². The van der Waals surface area contributed by atoms with E-state index in [9.17, 15) is 13.2 Å². The van der Waals surface area contributed by atoms with E-state index in [0.29, 0.717) is 24.3 Å². The van der Waals surface area contributed by atoms with Crippen molar-refractivity contribution in [2.45, 2.75) is 0 Å². The fourth-order valence-electron chi connectivity index (χ4n) is 2.77. The summed E-state index contributed by atoms with van der Waals surface area (Å²) >= 11 is 0. The highest BCUT2D eigenvalue weighted by atomic mass is 32.2. The topological polar surface area (TPSA) is 102 Å². The molecular formula is C15H19N5O3S. The Morgan fingerprint density at radius 1 is 1.12 bits per heavy atom. The van der Waals surface area contributed by atoms with Crippen LogP contribution in [0.25, 0.3) is 11.3 Å². The number of piperazine rings is 1. The highest BCUT2D eigenvalue weighted by Gasteiger charge is 2.29. The molecular weight excluding hydrogens is 330 g/mol. The zero-order valence-corrected chi connectivity index (χ0v) is 14.1. The predicted molar refractivity (Wildman–Crippen MR) is 89.2 cm³/mol. The van der Waals surface area contributed by atoms with E-state index in [1.807, 2.05) is 30.3 Å². The molecule has 2 heterocycles. The van der Waals surface area contributed by atoms with Crippen LogP contribution in [0.4, 0.5) is 0 Å². The summed E-state index contributed by atoms with van der Waals surface area (Å²) in [5.74, 6) is -0.156. The zero-order valence-electron chi connectivity index (χ0n) is 13.3. The summed E-state index contributed by atoms with van der Waals surface area (Å²) in [6, 6.07) is 9.49. The third-order valence-corrected chi connectivity index (χ3v) is 5.08. The Morgan fingerprint density at radius 3 is 2.33 bits per heavy atom. The molecule has 1 aromatic heterocycles. The molecule has 1 aromatic carbocycles. The molecule has 0 spiro atoms. The molecule has 128 valence electrons. The van der Waals surface area contributed by atoms with E-state index in [4.69, 9.17) is 5.14 Å². The van der Waals surface area contributed by atoms with Crippen molar-refractivity contribution >= 4 is 16.1 Å². The van der Waals surface area contributed by atoms with Crippen LogP contribution < -0.4 is 5.14 Å². The van der Waals surface area contributed by atoms with Crippen LogP contribution in [-0.2, 0) is 17.3 Å². The van der Waals surface area contributed by atoms with Gasteiger partial charge in [0.2, 0.25) is 0 Å². The first-order chi connectivity index (χ1) is 11.4. The molecule has 0 unspecified atom stereocenters. The van der Waals surface area contributed by atoms with Gasteiger partial charge in [-0.15, -0.1) is 0 Å². The van der Waals surface area contributed by atoms with E-state index < -0.39 is 10.2 Å². The first kappa shape index (κ1) is 16.6. The van der Waals surface area contributed by atoms with Crippen LogP contribution in [0.3, 0.4) is 0 Å². The van der Waals surface area contributed by atoms with E-state index in [1.54, 1.807) is 22.8 Å². The van der Waals surface area contributed by atoms with E-state index >= 15 is 0 Å². The average molecular weight is 349 g/mol. The quantitative estimate of drug-likeness (QED) is 0.846. The molecule has 8 nitrogen and oxygen atoms in total. The molecule has 2 N–H and O–H groups in total. The summed E-state index contributed by atoms with van der Waals surface area (Å²) in [6.07, 6.45) is 1.69. The minimum Gasteiger partial charge on any atom is -0.336 e. The van der Waals surface area contributed by atoms with Gasteiger partial charge in [0, 0.05) is 45.0 Å². The number of carbonyl (C=O) groups excluding carboxylic acids is 1. The molecule has 1 aliphatic rings. The number of rotatable bonds is 3. The Labute approximate surface area is 140 Å². The van der Waals surface area contributed by atoms with Crippen LogP contribution in [0.15, 0.2) is 36.5 Å². The molecule has 0 bridgehead atoms. The number of aryl methyl sites for hydroxylation is 1. The van der Waals surface area contributed by atoms with E-state index in [0.717, 1.165) is 5.56 Å². The number of hydrogen-bond donors (Lipinski definition) is 1. The predicted octanol–water partition coefficient (Wildman–Crippen LogP) is 0.0484. The van der Waals surface area contributed by atoms with Gasteiger partial charge in [0.05, 0.1) is 5.56 Å². The van der Waals surface area contributed by atoms with Gasteiger partial charge in [0.25, 0.3) is 16.1 Å². The summed E-state index contributed by atoms with van der Waals surface area (Å²) in [4.78, 5) is 14.5. The Kier molecular flexibility index (Phi) is 4.39. The fraction of sp³-hybridized carbons (Fsp3) is 0.333. The van der Waals surface area contributed by atoms with Crippen LogP contribution in [0.5, 0.6) is 0 Å². The number of amides is 1. The van der Waals surface area contributed by atoms with Gasteiger partial charge in [-0.25, -0.2) is 5.14 Å². The number of nitrogens with two attached hydrogens (primary N) is 1. The summed E-state index contributed by atoms with van der Waals surface area (Å²) in [5, 5.41) is 9.52. The number of carbonyl (C=O) groups is 1. The van der Waals surface area contributed by atoms with Gasteiger partial charge < -0.3 is 4.90 Å². The minimum absolute atomic E-state index is 0.156. The molecule has 1 saturated heterocycles. The van der Waals surface area contributed by atoms with Crippen molar-refractivity contribution in [2.24, 2.45) is 12.2 Å². The smallest absolute Gasteiger partial charge is 0.277 e. The van der Waals surface area contributed by atoms with Gasteiger partial charge in [0.15, 0.2) is 0 Å². The first-order valence-electron chi connectivity index (χ1n) is 7.52. The number of nitrogens with zero attached hydrogens (tertiary/aromatic N) is 4. The second-order valence-corrected chi connectivity index (χ2v) is 7.21. The number of aromatic nitrogens is 2. The van der Waals surface area contributed by atoms with Crippen molar-refractivity contribution in [3.8, 4) is 11.3 Å². The Balaban J connectivity index is 1.82. The molecule has 0 aliphatic carbocycles. The number of benzene rings is 1. The van der Waals surface area contributed by atoms with Gasteiger partial charge in [-0.1, -0.05) is 30.3 Å². The standard InChI is InChI=1S/C15H19N5O3S/c1-18-11-13(14(17-18)12-5-3-2-4-6-12)15(21)19-7-9-20(10-8-19)24(16,22)23/h2-6,11H,7-10H2,1H3,(H2,16,22,23). The Morgan fingerprint density at radius 2 is 1.75 bits per heavy atom. The fourth-order valence-corrected chi connectivity index (χ4v) is 3.44. The van der Waals surface area contributed by atoms with Crippen LogP contribution in [0.2, 0.25) is 0 Å². The van der Waals surface area contributed by atoms with E-state index in [1.165, 1.54) is 4.31 Å². The van der Waals surface area contributed by atoms with Crippen molar-refractivity contribution in [1.82, 2.24) is 19.0 Å². The normalized spacial score (nSPS) is 16.3. The highest BCUT2D eigenvalue weighted by Crippen LogP contribution is 2.23. The lowest BCUT2D eigenvalue weighted by Gasteiger charge is -2.32. The largest absolute Gasteiger partial charge is 0.336 e. The summed E-state index contributed by atoms with van der Waals surface area (Å²) in [7, 11) is -1.94. The molecule has 0 atom stereocenters. The number of hydrogen-bond acceptors (Lipinski definition) is 4. The van der Waals surface area contributed by atoms with Crippen molar-refractivity contribution in [3.05, 3.63) is 42.1 Å². The summed E-state index contributed by atoms with van der Waals surface area (Å²) in [6.45, 7) is 1.01. The Bertz CT molecular complexity index is 839. The lowest BCUT2D eigenvalue weighted by molar-refractivity contribution is 0.0698. The maximum absolute atomic E-state index is 12.8. The molecule has 1 fully saturated rings. The van der Waals surface area contributed by atoms with Crippen LogP contribution >= 0.6 is 0 Å². The molecule has 1 aliphatic heterocycles. The van der Waals surface area contributed by atoms with Gasteiger partial charge in [-0.3, -0.25) is 9.48 Å². The van der Waals surface area contributed by atoms with Crippen molar-refractivity contribution < 1.29 is 13.2 Å². The monoisotopic (exact) mass is 349 g/mol. The Hall–Kier alpha value is -2.23. The molecule has 2 aromatic rings. The first-order valence-corrected chi connectivity index (χ1v) is 9.03. The van der Waals surface area contributed by atoms with Gasteiger partial charge >= 0.3 is 0 Å². The maximum atomic E-state index is 12.8. The third kappa shape index (κ3) is 3.32. The molecule has 0 radical (unpaired) electrons. The van der Waals surface area contributed by atoms with Gasteiger partial charge in [0.1, 0.15) is 5.69 Å². The highest BCUT2D eigenvalue weighted by molar-refractivity contribution is 7.86. The van der Waals surface area contributed by atoms with Crippen LogP contribution in [0.1, 0.15) is 10.4 Å².